The molecular formula is C13H27NO4. The van der Waals surface area contributed by atoms with E-state index in [1.165, 1.54) is 19.3 Å². The standard InChI is InChI=1S/C13H27NO4/c15-8-6-14(7-9-16)10-12(17)11-18-13-4-2-1-3-5-13/h12-13,15-17H,1-11H2/t12-/m1/s1. The molecule has 3 N–H and O–H groups in total. The number of nitrogens with zero attached hydrogens (tertiary/aromatic N) is 1. The summed E-state index contributed by atoms with van der Waals surface area (Å²) in [5, 5.41) is 27.6. The molecule has 0 saturated heterocycles. The first kappa shape index (κ1) is 15.9. The molecule has 0 spiro atoms. The molecule has 0 aromatic rings. The van der Waals surface area contributed by atoms with Crippen LogP contribution in [0.4, 0.5) is 0 Å². The first-order valence-corrected chi connectivity index (χ1v) is 7.00. The van der Waals surface area contributed by atoms with Crippen molar-refractivity contribution in [3.8, 4) is 0 Å². The van der Waals surface area contributed by atoms with Crippen molar-refractivity contribution in [2.24, 2.45) is 0 Å². The number of hydrogen-bond acceptors (Lipinski definition) is 5. The highest BCUT2D eigenvalue weighted by molar-refractivity contribution is 4.68. The minimum atomic E-state index is -0.551. The fourth-order valence-corrected chi connectivity index (χ4v) is 2.41. The van der Waals surface area contributed by atoms with Crippen LogP contribution in [0.25, 0.3) is 0 Å². The maximum Gasteiger partial charge on any atom is 0.0900 e. The van der Waals surface area contributed by atoms with Gasteiger partial charge in [-0.3, -0.25) is 4.90 Å². The van der Waals surface area contributed by atoms with E-state index >= 15 is 0 Å². The van der Waals surface area contributed by atoms with E-state index in [1.54, 1.807) is 0 Å². The molecule has 0 amide bonds. The fourth-order valence-electron chi connectivity index (χ4n) is 2.41. The average Bonchev–Trinajstić information content (AvgIpc) is 2.38. The highest BCUT2D eigenvalue weighted by Crippen LogP contribution is 2.20. The van der Waals surface area contributed by atoms with Crippen LogP contribution < -0.4 is 0 Å². The van der Waals surface area contributed by atoms with E-state index in [0.717, 1.165) is 12.8 Å². The van der Waals surface area contributed by atoms with Crippen molar-refractivity contribution in [3.63, 3.8) is 0 Å². The lowest BCUT2D eigenvalue weighted by molar-refractivity contribution is -0.0352. The molecule has 0 unspecified atom stereocenters. The predicted molar refractivity (Wildman–Crippen MR) is 69.4 cm³/mol. The van der Waals surface area contributed by atoms with Gasteiger partial charge in [0.1, 0.15) is 0 Å². The molecule has 5 nitrogen and oxygen atoms in total. The summed E-state index contributed by atoms with van der Waals surface area (Å²) in [6.45, 7) is 1.81. The first-order valence-electron chi connectivity index (χ1n) is 7.00. The van der Waals surface area contributed by atoms with Crippen LogP contribution in [-0.2, 0) is 4.74 Å². The summed E-state index contributed by atoms with van der Waals surface area (Å²) in [7, 11) is 0. The largest absolute Gasteiger partial charge is 0.395 e. The van der Waals surface area contributed by atoms with E-state index in [9.17, 15) is 5.11 Å². The van der Waals surface area contributed by atoms with Crippen molar-refractivity contribution >= 4 is 0 Å². The average molecular weight is 261 g/mol. The third-order valence-corrected chi connectivity index (χ3v) is 3.38. The minimum absolute atomic E-state index is 0.0379. The number of hydrogen-bond donors (Lipinski definition) is 3. The second-order valence-electron chi connectivity index (χ2n) is 4.99. The topological polar surface area (TPSA) is 73.2 Å². The van der Waals surface area contributed by atoms with Gasteiger partial charge in [0.05, 0.1) is 32.0 Å². The zero-order valence-electron chi connectivity index (χ0n) is 11.1. The van der Waals surface area contributed by atoms with Crippen molar-refractivity contribution in [2.45, 2.75) is 44.3 Å². The van der Waals surface area contributed by atoms with Gasteiger partial charge in [-0.25, -0.2) is 0 Å². The molecule has 1 saturated carbocycles. The van der Waals surface area contributed by atoms with Gasteiger partial charge in [0.2, 0.25) is 0 Å². The lowest BCUT2D eigenvalue weighted by Gasteiger charge is -2.26. The number of rotatable bonds is 9. The van der Waals surface area contributed by atoms with Crippen LogP contribution in [0.5, 0.6) is 0 Å². The zero-order chi connectivity index (χ0) is 13.2. The number of ether oxygens (including phenoxy) is 1. The molecule has 108 valence electrons. The van der Waals surface area contributed by atoms with E-state index in [2.05, 4.69) is 0 Å². The third-order valence-electron chi connectivity index (χ3n) is 3.38. The summed E-state index contributed by atoms with van der Waals surface area (Å²) in [4.78, 5) is 1.84. The summed E-state index contributed by atoms with van der Waals surface area (Å²) in [6.07, 6.45) is 5.70. The Morgan fingerprint density at radius 1 is 1.06 bits per heavy atom. The Hall–Kier alpha value is -0.200. The quantitative estimate of drug-likeness (QED) is 0.544. The Labute approximate surface area is 109 Å². The molecule has 1 atom stereocenters. The van der Waals surface area contributed by atoms with E-state index in [-0.39, 0.29) is 13.2 Å². The highest BCUT2D eigenvalue weighted by atomic mass is 16.5. The van der Waals surface area contributed by atoms with Gasteiger partial charge in [0.15, 0.2) is 0 Å². The van der Waals surface area contributed by atoms with Crippen LogP contribution in [0, 0.1) is 0 Å². The molecule has 5 heteroatoms. The Morgan fingerprint density at radius 3 is 2.22 bits per heavy atom. The summed E-state index contributed by atoms with van der Waals surface area (Å²) in [5.41, 5.74) is 0. The smallest absolute Gasteiger partial charge is 0.0900 e. The number of aliphatic hydroxyl groups excluding tert-OH is 3. The van der Waals surface area contributed by atoms with Gasteiger partial charge >= 0.3 is 0 Å². The van der Waals surface area contributed by atoms with Crippen LogP contribution >= 0.6 is 0 Å². The molecule has 1 aliphatic rings. The summed E-state index contributed by atoms with van der Waals surface area (Å²) in [5.74, 6) is 0. The van der Waals surface area contributed by atoms with E-state index < -0.39 is 6.10 Å². The van der Waals surface area contributed by atoms with E-state index in [0.29, 0.717) is 32.3 Å². The van der Waals surface area contributed by atoms with Gasteiger partial charge < -0.3 is 20.1 Å². The van der Waals surface area contributed by atoms with E-state index in [1.807, 2.05) is 4.90 Å². The van der Waals surface area contributed by atoms with Gasteiger partial charge in [-0.2, -0.15) is 0 Å². The summed E-state index contributed by atoms with van der Waals surface area (Å²) < 4.78 is 5.70. The fraction of sp³-hybridized carbons (Fsp3) is 1.00. The van der Waals surface area contributed by atoms with Crippen LogP contribution in [0.1, 0.15) is 32.1 Å². The molecule has 1 fully saturated rings. The SMILES string of the molecule is OCCN(CCO)C[C@@H](O)COC1CCCCC1. The second-order valence-corrected chi connectivity index (χ2v) is 4.99. The second kappa shape index (κ2) is 9.69. The molecule has 0 aromatic carbocycles. The summed E-state index contributed by atoms with van der Waals surface area (Å²) in [6, 6.07) is 0. The lowest BCUT2D eigenvalue weighted by Crippen LogP contribution is -2.39. The van der Waals surface area contributed by atoms with Gasteiger partial charge in [-0.15, -0.1) is 0 Å². The molecule has 0 aromatic heterocycles. The summed E-state index contributed by atoms with van der Waals surface area (Å²) >= 11 is 0. The Kier molecular flexibility index (Phi) is 8.54. The maximum atomic E-state index is 9.87. The van der Waals surface area contributed by atoms with Crippen LogP contribution in [0.2, 0.25) is 0 Å². The van der Waals surface area contributed by atoms with Crippen molar-refractivity contribution < 1.29 is 20.1 Å². The van der Waals surface area contributed by atoms with Crippen LogP contribution in [0.15, 0.2) is 0 Å². The molecular weight excluding hydrogens is 234 g/mol. The Balaban J connectivity index is 2.15. The van der Waals surface area contributed by atoms with Crippen molar-refractivity contribution in [1.82, 2.24) is 4.90 Å². The molecule has 0 bridgehead atoms. The molecule has 0 heterocycles. The van der Waals surface area contributed by atoms with Crippen molar-refractivity contribution in [1.29, 1.82) is 0 Å². The maximum absolute atomic E-state index is 9.87. The van der Waals surface area contributed by atoms with Gasteiger partial charge in [0.25, 0.3) is 0 Å². The number of aliphatic hydroxyl groups is 3. The predicted octanol–water partition coefficient (Wildman–Crippen LogP) is -0.0168. The van der Waals surface area contributed by atoms with E-state index in [4.69, 9.17) is 14.9 Å². The Bertz CT molecular complexity index is 191. The van der Waals surface area contributed by atoms with Crippen LogP contribution in [0.3, 0.4) is 0 Å². The monoisotopic (exact) mass is 261 g/mol. The highest BCUT2D eigenvalue weighted by Gasteiger charge is 2.17. The molecule has 1 rings (SSSR count). The molecule has 0 radical (unpaired) electrons. The third kappa shape index (κ3) is 6.66. The molecule has 18 heavy (non-hydrogen) atoms. The van der Waals surface area contributed by atoms with Crippen molar-refractivity contribution in [3.05, 3.63) is 0 Å². The molecule has 0 aliphatic heterocycles. The normalized spacial score (nSPS) is 19.3. The minimum Gasteiger partial charge on any atom is -0.395 e. The van der Waals surface area contributed by atoms with Gasteiger partial charge in [-0.1, -0.05) is 19.3 Å². The van der Waals surface area contributed by atoms with Crippen LogP contribution in [-0.4, -0.2) is 71.9 Å². The van der Waals surface area contributed by atoms with Gasteiger partial charge in [-0.05, 0) is 12.8 Å². The first-order chi connectivity index (χ1) is 8.76. The van der Waals surface area contributed by atoms with Gasteiger partial charge in [0, 0.05) is 19.6 Å². The Morgan fingerprint density at radius 2 is 1.67 bits per heavy atom. The van der Waals surface area contributed by atoms with Crippen molar-refractivity contribution in [2.75, 3.05) is 39.5 Å². The lowest BCUT2D eigenvalue weighted by atomic mass is 9.98. The zero-order valence-corrected chi connectivity index (χ0v) is 11.1. The molecule has 1 aliphatic carbocycles.